The van der Waals surface area contributed by atoms with Gasteiger partial charge in [-0.15, -0.1) is 0 Å². The molecule has 0 aliphatic rings. The normalized spacial score (nSPS) is 12.0. The number of hydrogen-bond acceptors (Lipinski definition) is 2. The van der Waals surface area contributed by atoms with Crippen LogP contribution in [0.2, 0.25) is 0 Å². The highest BCUT2D eigenvalue weighted by atomic mass is 16.1. The maximum atomic E-state index is 12.3. The van der Waals surface area contributed by atoms with Crippen molar-refractivity contribution in [2.45, 2.75) is 6.54 Å². The van der Waals surface area contributed by atoms with Gasteiger partial charge in [0.2, 0.25) is 0 Å². The van der Waals surface area contributed by atoms with Gasteiger partial charge in [0.1, 0.15) is 0 Å². The van der Waals surface area contributed by atoms with Crippen molar-refractivity contribution in [3.8, 4) is 0 Å². The summed E-state index contributed by atoms with van der Waals surface area (Å²) < 4.78 is 0. The molecule has 0 bridgehead atoms. The van der Waals surface area contributed by atoms with Crippen molar-refractivity contribution in [2.75, 3.05) is 14.1 Å². The van der Waals surface area contributed by atoms with Crippen LogP contribution in [0.1, 0.15) is 5.56 Å². The Kier molecular flexibility index (Phi) is 2.81. The Morgan fingerprint density at radius 2 is 1.50 bits per heavy atom. The average Bonchev–Trinajstić information content (AvgIpc) is 2.87. The van der Waals surface area contributed by atoms with Crippen molar-refractivity contribution in [1.82, 2.24) is 14.9 Å². The predicted molar refractivity (Wildman–Crippen MR) is 91.3 cm³/mol. The Morgan fingerprint density at radius 3 is 2.27 bits per heavy atom. The first-order valence-electron chi connectivity index (χ1n) is 7.34. The Bertz CT molecular complexity index is 1060. The van der Waals surface area contributed by atoms with Crippen LogP contribution in [0, 0.1) is 0 Å². The minimum absolute atomic E-state index is 0.0398. The lowest BCUT2D eigenvalue weighted by Crippen LogP contribution is -2.10. The lowest BCUT2D eigenvalue weighted by molar-refractivity contribution is 0.404. The molecular formula is C18H17N3O. The highest BCUT2D eigenvalue weighted by Crippen LogP contribution is 2.29. The molecule has 0 aliphatic heterocycles. The summed E-state index contributed by atoms with van der Waals surface area (Å²) in [5, 5.41) is 2.75. The minimum atomic E-state index is -0.0398. The molecule has 110 valence electrons. The lowest BCUT2D eigenvalue weighted by atomic mass is 10.1. The lowest BCUT2D eigenvalue weighted by Gasteiger charge is -2.10. The van der Waals surface area contributed by atoms with Gasteiger partial charge in [-0.1, -0.05) is 36.4 Å². The van der Waals surface area contributed by atoms with E-state index in [2.05, 4.69) is 41.1 Å². The fourth-order valence-electron chi connectivity index (χ4n) is 3.16. The SMILES string of the molecule is CN(C)Cc1cccc2c1[nH]c1c3ccccc3c(=O)[nH]c21. The van der Waals surface area contributed by atoms with E-state index in [0.717, 1.165) is 39.3 Å². The average molecular weight is 291 g/mol. The largest absolute Gasteiger partial charge is 0.352 e. The van der Waals surface area contributed by atoms with Crippen LogP contribution in [0.25, 0.3) is 32.7 Å². The number of pyridine rings is 1. The van der Waals surface area contributed by atoms with Crippen molar-refractivity contribution >= 4 is 32.7 Å². The smallest absolute Gasteiger partial charge is 0.256 e. The number of aromatic nitrogens is 2. The Balaban J connectivity index is 2.18. The summed E-state index contributed by atoms with van der Waals surface area (Å²) in [6.07, 6.45) is 0. The van der Waals surface area contributed by atoms with Gasteiger partial charge < -0.3 is 14.9 Å². The van der Waals surface area contributed by atoms with Crippen molar-refractivity contribution in [3.05, 3.63) is 58.4 Å². The highest BCUT2D eigenvalue weighted by molar-refractivity contribution is 6.15. The van der Waals surface area contributed by atoms with E-state index in [4.69, 9.17) is 0 Å². The maximum absolute atomic E-state index is 12.3. The van der Waals surface area contributed by atoms with Gasteiger partial charge in [0.15, 0.2) is 0 Å². The number of fused-ring (bicyclic) bond motifs is 5. The highest BCUT2D eigenvalue weighted by Gasteiger charge is 2.12. The van der Waals surface area contributed by atoms with E-state index in [1.54, 1.807) is 0 Å². The third kappa shape index (κ3) is 1.84. The molecule has 2 aromatic heterocycles. The Labute approximate surface area is 127 Å². The monoisotopic (exact) mass is 291 g/mol. The molecule has 0 atom stereocenters. The summed E-state index contributed by atoms with van der Waals surface area (Å²) >= 11 is 0. The van der Waals surface area contributed by atoms with E-state index in [1.807, 2.05) is 30.3 Å². The molecular weight excluding hydrogens is 274 g/mol. The Hall–Kier alpha value is -2.59. The molecule has 4 aromatic rings. The summed E-state index contributed by atoms with van der Waals surface area (Å²) in [4.78, 5) is 21.0. The van der Waals surface area contributed by atoms with Crippen molar-refractivity contribution in [1.29, 1.82) is 0 Å². The van der Waals surface area contributed by atoms with Gasteiger partial charge in [-0.05, 0) is 25.7 Å². The van der Waals surface area contributed by atoms with Gasteiger partial charge in [-0.3, -0.25) is 4.79 Å². The van der Waals surface area contributed by atoms with Crippen LogP contribution in [-0.4, -0.2) is 29.0 Å². The quantitative estimate of drug-likeness (QED) is 0.596. The van der Waals surface area contributed by atoms with Gasteiger partial charge in [-0.25, -0.2) is 0 Å². The second-order valence-electron chi connectivity index (χ2n) is 5.95. The molecule has 4 rings (SSSR count). The van der Waals surface area contributed by atoms with Gasteiger partial charge in [0.05, 0.1) is 16.6 Å². The molecule has 0 fully saturated rings. The molecule has 0 amide bonds. The first-order valence-corrected chi connectivity index (χ1v) is 7.34. The number of rotatable bonds is 2. The van der Waals surface area contributed by atoms with E-state index in [0.29, 0.717) is 0 Å². The first-order chi connectivity index (χ1) is 10.6. The van der Waals surface area contributed by atoms with Crippen LogP contribution in [-0.2, 0) is 6.54 Å². The summed E-state index contributed by atoms with van der Waals surface area (Å²) in [7, 11) is 4.11. The van der Waals surface area contributed by atoms with Gasteiger partial charge >= 0.3 is 0 Å². The number of aromatic amines is 2. The van der Waals surface area contributed by atoms with Crippen LogP contribution in [0.3, 0.4) is 0 Å². The van der Waals surface area contributed by atoms with Gasteiger partial charge in [0, 0.05) is 22.7 Å². The standard InChI is InChI=1S/C18H17N3O/c1-21(2)10-11-6-5-9-14-15(11)19-16-12-7-3-4-8-13(12)18(22)20-17(14)16/h3-9,19H,10H2,1-2H3,(H,20,22). The Morgan fingerprint density at radius 1 is 0.818 bits per heavy atom. The zero-order valence-electron chi connectivity index (χ0n) is 12.6. The van der Waals surface area contributed by atoms with E-state index in [9.17, 15) is 4.79 Å². The van der Waals surface area contributed by atoms with Gasteiger partial charge in [-0.2, -0.15) is 0 Å². The third-order valence-electron chi connectivity index (χ3n) is 4.09. The van der Waals surface area contributed by atoms with E-state index < -0.39 is 0 Å². The number of nitrogens with one attached hydrogen (secondary N) is 2. The second kappa shape index (κ2) is 4.71. The molecule has 2 heterocycles. The van der Waals surface area contributed by atoms with Crippen LogP contribution in [0.4, 0.5) is 0 Å². The number of nitrogens with zero attached hydrogens (tertiary/aromatic N) is 1. The molecule has 0 radical (unpaired) electrons. The molecule has 2 aromatic carbocycles. The number of benzene rings is 2. The van der Waals surface area contributed by atoms with Crippen molar-refractivity contribution < 1.29 is 0 Å². The van der Waals surface area contributed by atoms with E-state index in [1.165, 1.54) is 5.56 Å². The molecule has 22 heavy (non-hydrogen) atoms. The number of hydrogen-bond donors (Lipinski definition) is 2. The third-order valence-corrected chi connectivity index (χ3v) is 4.09. The molecule has 0 spiro atoms. The van der Waals surface area contributed by atoms with Crippen LogP contribution < -0.4 is 5.56 Å². The molecule has 0 aliphatic carbocycles. The molecule has 0 saturated carbocycles. The zero-order chi connectivity index (χ0) is 15.3. The second-order valence-corrected chi connectivity index (χ2v) is 5.95. The molecule has 0 saturated heterocycles. The molecule has 0 unspecified atom stereocenters. The first kappa shape index (κ1) is 13.1. The van der Waals surface area contributed by atoms with Crippen molar-refractivity contribution in [3.63, 3.8) is 0 Å². The van der Waals surface area contributed by atoms with Crippen molar-refractivity contribution in [2.24, 2.45) is 0 Å². The molecule has 4 nitrogen and oxygen atoms in total. The summed E-state index contributed by atoms with van der Waals surface area (Å²) in [5.74, 6) is 0. The maximum Gasteiger partial charge on any atom is 0.256 e. The van der Waals surface area contributed by atoms with Crippen LogP contribution >= 0.6 is 0 Å². The topological polar surface area (TPSA) is 51.9 Å². The summed E-state index contributed by atoms with van der Waals surface area (Å²) in [5.41, 5.74) is 4.17. The fourth-order valence-corrected chi connectivity index (χ4v) is 3.16. The zero-order valence-corrected chi connectivity index (χ0v) is 12.6. The molecule has 2 N–H and O–H groups in total. The summed E-state index contributed by atoms with van der Waals surface area (Å²) in [6.45, 7) is 0.853. The minimum Gasteiger partial charge on any atom is -0.352 e. The van der Waals surface area contributed by atoms with Crippen LogP contribution in [0.15, 0.2) is 47.3 Å². The predicted octanol–water partition coefficient (Wildman–Crippen LogP) is 3.22. The summed E-state index contributed by atoms with van der Waals surface area (Å²) in [6, 6.07) is 13.9. The van der Waals surface area contributed by atoms with Gasteiger partial charge in [0.25, 0.3) is 5.56 Å². The van der Waals surface area contributed by atoms with E-state index >= 15 is 0 Å². The number of para-hydroxylation sites is 1. The van der Waals surface area contributed by atoms with E-state index in [-0.39, 0.29) is 5.56 Å². The molecule has 4 heteroatoms. The number of H-pyrrole nitrogens is 2. The van der Waals surface area contributed by atoms with Crippen LogP contribution in [0.5, 0.6) is 0 Å². The fraction of sp³-hybridized carbons (Fsp3) is 0.167.